The molecule has 2 unspecified atom stereocenters. The summed E-state index contributed by atoms with van der Waals surface area (Å²) in [5, 5.41) is 9.33. The summed E-state index contributed by atoms with van der Waals surface area (Å²) in [6.45, 7) is 3.28. The van der Waals surface area contributed by atoms with Crippen LogP contribution in [0.1, 0.15) is 34.3 Å². The van der Waals surface area contributed by atoms with Crippen LogP contribution in [0.25, 0.3) is 0 Å². The van der Waals surface area contributed by atoms with E-state index >= 15 is 0 Å². The second-order valence-electron chi connectivity index (χ2n) is 7.74. The summed E-state index contributed by atoms with van der Waals surface area (Å²) < 4.78 is 0. The van der Waals surface area contributed by atoms with Gasteiger partial charge in [0, 0.05) is 31.1 Å². The number of hydrogen-bond donors (Lipinski definition) is 3. The molecule has 4 atom stereocenters. The molecule has 7 nitrogen and oxygen atoms in total. The number of carbonyl (C=O) groups is 3. The number of imide groups is 1. The lowest BCUT2D eigenvalue weighted by molar-refractivity contribution is -0.136. The summed E-state index contributed by atoms with van der Waals surface area (Å²) in [6, 6.07) is 5.93. The summed E-state index contributed by atoms with van der Waals surface area (Å²) in [5.74, 6) is 0.736. The predicted molar refractivity (Wildman–Crippen MR) is 93.0 cm³/mol. The van der Waals surface area contributed by atoms with E-state index in [1.54, 1.807) is 4.90 Å². The van der Waals surface area contributed by atoms with Crippen molar-refractivity contribution in [1.29, 1.82) is 0 Å². The molecule has 7 heteroatoms. The Hall–Kier alpha value is -2.25. The largest absolute Gasteiger partial charge is 0.322 e. The van der Waals surface area contributed by atoms with Crippen LogP contribution in [0.4, 0.5) is 0 Å². The summed E-state index contributed by atoms with van der Waals surface area (Å²) in [6.07, 6.45) is 0.680. The van der Waals surface area contributed by atoms with Crippen LogP contribution in [0.3, 0.4) is 0 Å². The molecule has 3 aliphatic heterocycles. The average Bonchev–Trinajstić information content (AvgIpc) is 2.94. The van der Waals surface area contributed by atoms with E-state index in [-0.39, 0.29) is 24.1 Å². The lowest BCUT2D eigenvalue weighted by atomic mass is 10.0. The second-order valence-corrected chi connectivity index (χ2v) is 7.74. The molecule has 26 heavy (non-hydrogen) atoms. The van der Waals surface area contributed by atoms with Crippen molar-refractivity contribution in [2.24, 2.45) is 11.8 Å². The fourth-order valence-corrected chi connectivity index (χ4v) is 4.79. The first-order valence-electron chi connectivity index (χ1n) is 9.33. The van der Waals surface area contributed by atoms with Crippen LogP contribution in [0.5, 0.6) is 0 Å². The number of rotatable bonds is 4. The standard InChI is InChI=1S/C19H22N4O3/c24-15-5-4-14(18(25)22-15)23-9-11-3-1-2-10(16(11)19(23)26)6-21-17-12-7-20-8-13(12)17/h1-3,12-14,17,20-21H,4-9H2,(H,22,24,25)/t12-,13+,14?,17?. The van der Waals surface area contributed by atoms with Crippen molar-refractivity contribution in [3.8, 4) is 0 Å². The van der Waals surface area contributed by atoms with Gasteiger partial charge in [-0.15, -0.1) is 0 Å². The van der Waals surface area contributed by atoms with Crippen molar-refractivity contribution >= 4 is 17.7 Å². The molecule has 2 saturated heterocycles. The lowest BCUT2D eigenvalue weighted by Gasteiger charge is -2.29. The smallest absolute Gasteiger partial charge is 0.255 e. The average molecular weight is 354 g/mol. The predicted octanol–water partition coefficient (Wildman–Crippen LogP) is -0.245. The zero-order valence-electron chi connectivity index (χ0n) is 14.5. The number of carbonyl (C=O) groups excluding carboxylic acids is 3. The zero-order valence-corrected chi connectivity index (χ0v) is 14.5. The first-order chi connectivity index (χ1) is 12.6. The van der Waals surface area contributed by atoms with Crippen molar-refractivity contribution in [2.75, 3.05) is 13.1 Å². The third-order valence-corrected chi connectivity index (χ3v) is 6.26. The van der Waals surface area contributed by atoms with Gasteiger partial charge < -0.3 is 15.5 Å². The summed E-state index contributed by atoms with van der Waals surface area (Å²) in [4.78, 5) is 38.2. The Morgan fingerprint density at radius 1 is 1.15 bits per heavy atom. The highest BCUT2D eigenvalue weighted by atomic mass is 16.2. The van der Waals surface area contributed by atoms with Crippen molar-refractivity contribution in [2.45, 2.75) is 38.0 Å². The van der Waals surface area contributed by atoms with Gasteiger partial charge in [0.25, 0.3) is 5.91 Å². The van der Waals surface area contributed by atoms with Gasteiger partial charge in [0.05, 0.1) is 0 Å². The molecule has 1 aromatic rings. The van der Waals surface area contributed by atoms with E-state index in [0.717, 1.165) is 41.6 Å². The van der Waals surface area contributed by atoms with Crippen LogP contribution in [0, 0.1) is 11.8 Å². The number of nitrogens with one attached hydrogen (secondary N) is 3. The number of benzene rings is 1. The Kier molecular flexibility index (Phi) is 3.62. The third-order valence-electron chi connectivity index (χ3n) is 6.26. The van der Waals surface area contributed by atoms with Crippen LogP contribution in [-0.2, 0) is 22.7 Å². The number of fused-ring (bicyclic) bond motifs is 2. The number of hydrogen-bond acceptors (Lipinski definition) is 5. The highest BCUT2D eigenvalue weighted by Gasteiger charge is 2.52. The van der Waals surface area contributed by atoms with E-state index in [2.05, 4.69) is 16.0 Å². The van der Waals surface area contributed by atoms with Gasteiger partial charge in [-0.05, 0) is 42.5 Å². The van der Waals surface area contributed by atoms with Crippen LogP contribution in [0.15, 0.2) is 18.2 Å². The molecule has 3 heterocycles. The van der Waals surface area contributed by atoms with E-state index in [0.29, 0.717) is 25.6 Å². The van der Waals surface area contributed by atoms with E-state index in [1.807, 2.05) is 18.2 Å². The Morgan fingerprint density at radius 2 is 1.96 bits per heavy atom. The molecule has 5 rings (SSSR count). The monoisotopic (exact) mass is 354 g/mol. The molecule has 1 aliphatic carbocycles. The fraction of sp³-hybridized carbons (Fsp3) is 0.526. The topological polar surface area (TPSA) is 90.5 Å². The molecule has 3 fully saturated rings. The number of piperidine rings is 2. The van der Waals surface area contributed by atoms with E-state index in [9.17, 15) is 14.4 Å². The van der Waals surface area contributed by atoms with Gasteiger partial charge in [-0.25, -0.2) is 0 Å². The zero-order chi connectivity index (χ0) is 17.8. The molecule has 0 spiro atoms. The Balaban J connectivity index is 1.32. The molecular weight excluding hydrogens is 332 g/mol. The minimum absolute atomic E-state index is 0.0930. The van der Waals surface area contributed by atoms with Gasteiger partial charge in [0.15, 0.2) is 0 Å². The van der Waals surface area contributed by atoms with Crippen LogP contribution < -0.4 is 16.0 Å². The Morgan fingerprint density at radius 3 is 2.73 bits per heavy atom. The fourth-order valence-electron chi connectivity index (χ4n) is 4.79. The normalized spacial score (nSPS) is 32.5. The van der Waals surface area contributed by atoms with Crippen LogP contribution in [-0.4, -0.2) is 47.8 Å². The van der Waals surface area contributed by atoms with E-state index < -0.39 is 6.04 Å². The molecule has 0 radical (unpaired) electrons. The maximum Gasteiger partial charge on any atom is 0.255 e. The number of nitrogens with zero attached hydrogens (tertiary/aromatic N) is 1. The van der Waals surface area contributed by atoms with Gasteiger partial charge in [-0.3, -0.25) is 19.7 Å². The SMILES string of the molecule is O=C1CCC(N2Cc3cccc(CNC4[C@H]5CNC[C@@H]45)c3C2=O)C(=O)N1. The maximum absolute atomic E-state index is 13.0. The highest BCUT2D eigenvalue weighted by Crippen LogP contribution is 2.42. The Bertz CT molecular complexity index is 798. The molecule has 136 valence electrons. The van der Waals surface area contributed by atoms with E-state index in [4.69, 9.17) is 0 Å². The van der Waals surface area contributed by atoms with E-state index in [1.165, 1.54) is 0 Å². The lowest BCUT2D eigenvalue weighted by Crippen LogP contribution is -2.52. The second kappa shape index (κ2) is 5.89. The first kappa shape index (κ1) is 16.0. The molecular formula is C19H22N4O3. The molecule has 3 N–H and O–H groups in total. The van der Waals surface area contributed by atoms with Gasteiger partial charge >= 0.3 is 0 Å². The van der Waals surface area contributed by atoms with Crippen molar-refractivity contribution in [3.05, 3.63) is 34.9 Å². The third kappa shape index (κ3) is 2.46. The summed E-state index contributed by atoms with van der Waals surface area (Å²) in [7, 11) is 0. The van der Waals surface area contributed by atoms with Gasteiger partial charge in [-0.1, -0.05) is 18.2 Å². The van der Waals surface area contributed by atoms with Crippen molar-refractivity contribution < 1.29 is 14.4 Å². The number of amides is 3. The van der Waals surface area contributed by atoms with Crippen molar-refractivity contribution in [3.63, 3.8) is 0 Å². The van der Waals surface area contributed by atoms with Gasteiger partial charge in [-0.2, -0.15) is 0 Å². The molecule has 1 aromatic carbocycles. The highest BCUT2D eigenvalue weighted by molar-refractivity contribution is 6.05. The van der Waals surface area contributed by atoms with Crippen LogP contribution >= 0.6 is 0 Å². The summed E-state index contributed by atoms with van der Waals surface area (Å²) >= 11 is 0. The molecule has 3 amide bonds. The minimum atomic E-state index is -0.553. The minimum Gasteiger partial charge on any atom is -0.322 e. The van der Waals surface area contributed by atoms with Gasteiger partial charge in [0.1, 0.15) is 6.04 Å². The quantitative estimate of drug-likeness (QED) is 0.649. The molecule has 1 saturated carbocycles. The first-order valence-corrected chi connectivity index (χ1v) is 9.33. The van der Waals surface area contributed by atoms with Crippen molar-refractivity contribution in [1.82, 2.24) is 20.9 Å². The summed E-state index contributed by atoms with van der Waals surface area (Å²) in [5.41, 5.74) is 2.70. The Labute approximate surface area is 151 Å². The molecule has 4 aliphatic rings. The van der Waals surface area contributed by atoms with Crippen LogP contribution in [0.2, 0.25) is 0 Å². The molecule has 0 aromatic heterocycles. The molecule has 0 bridgehead atoms. The maximum atomic E-state index is 13.0. The van der Waals surface area contributed by atoms with Gasteiger partial charge in [0.2, 0.25) is 11.8 Å².